The number of carboxylic acids is 1. The molecule has 0 fully saturated rings. The smallest absolute Gasteiger partial charge is 0.300 e. The van der Waals surface area contributed by atoms with E-state index >= 15 is 0 Å². The number of pyridine rings is 4. The van der Waals surface area contributed by atoms with E-state index in [4.69, 9.17) is 14.7 Å². The first-order valence-corrected chi connectivity index (χ1v) is 16.3. The van der Waals surface area contributed by atoms with Gasteiger partial charge in [0.05, 0.1) is 0 Å². The van der Waals surface area contributed by atoms with E-state index in [1.165, 1.54) is 18.1 Å². The summed E-state index contributed by atoms with van der Waals surface area (Å²) in [6, 6.07) is 19.3. The van der Waals surface area contributed by atoms with Crippen LogP contribution in [0.15, 0.2) is 109 Å². The van der Waals surface area contributed by atoms with Crippen molar-refractivity contribution in [2.24, 2.45) is 0 Å². The van der Waals surface area contributed by atoms with Crippen molar-refractivity contribution in [3.63, 3.8) is 0 Å². The normalized spacial score (nSPS) is 8.42. The Labute approximate surface area is 319 Å². The molecule has 11 nitrogen and oxygen atoms in total. The van der Waals surface area contributed by atoms with Gasteiger partial charge in [0, 0.05) is 68.6 Å². The summed E-state index contributed by atoms with van der Waals surface area (Å²) in [4.78, 5) is 60.4. The third-order valence-corrected chi connectivity index (χ3v) is 5.71. The summed E-state index contributed by atoms with van der Waals surface area (Å²) < 4.78 is 1.85. The molecule has 11 heteroatoms. The van der Waals surface area contributed by atoms with Crippen molar-refractivity contribution in [1.82, 2.24) is 21.1 Å². The highest BCUT2D eigenvalue weighted by Gasteiger charge is 2.00. The summed E-state index contributed by atoms with van der Waals surface area (Å²) in [6.45, 7) is 21.6. The minimum absolute atomic E-state index is 0. The third-order valence-electron chi connectivity index (χ3n) is 5.71. The number of carboxylic acid groups (broad SMARTS) is 1. The van der Waals surface area contributed by atoms with Gasteiger partial charge >= 0.3 is 0 Å². The number of ketones is 3. The molecular weight excluding hydrogens is 670 g/mol. The number of aliphatic carboxylic acids is 1. The Bertz CT molecular complexity index is 1390. The second-order valence-corrected chi connectivity index (χ2v) is 10.4. The molecule has 4 heterocycles. The van der Waals surface area contributed by atoms with Crippen LogP contribution in [0, 0.1) is 35.1 Å². The predicted octanol–water partition coefficient (Wildman–Crippen LogP) is 8.48. The lowest BCUT2D eigenvalue weighted by atomic mass is 10.1. The zero-order valence-corrected chi connectivity index (χ0v) is 34.3. The molecule has 0 amide bonds. The number of aryl methyl sites for hydroxylation is 3. The highest BCUT2D eigenvalue weighted by molar-refractivity contribution is 5.92. The molecule has 0 spiro atoms. The maximum atomic E-state index is 10.6. The van der Waals surface area contributed by atoms with Crippen LogP contribution in [0.3, 0.4) is 0 Å². The fourth-order valence-corrected chi connectivity index (χ4v) is 2.71. The quantitative estimate of drug-likeness (QED) is 0.0892. The molecule has 0 atom stereocenters. The van der Waals surface area contributed by atoms with Gasteiger partial charge in [0.25, 0.3) is 5.97 Å². The molecule has 0 saturated heterocycles. The highest BCUT2D eigenvalue weighted by Crippen LogP contribution is 2.10. The SMILES string of the molecule is C/C=C(\C)C(C)=O.CC(=O)C[n+]1ccccc1.CC(=O)O.CC=O.CCC(C)=O.Cc1cc(C)c(C)c(C)n1.N.[CH3-].c1ccncc1.c1ccncc1. The van der Waals surface area contributed by atoms with E-state index in [0.29, 0.717) is 13.0 Å². The molecule has 294 valence electrons. The molecule has 4 rings (SSSR count). The average molecular weight is 736 g/mol. The van der Waals surface area contributed by atoms with Crippen LogP contribution in [-0.2, 0) is 30.5 Å². The van der Waals surface area contributed by atoms with Crippen LogP contribution in [-0.4, -0.2) is 49.7 Å². The maximum Gasteiger partial charge on any atom is 0.300 e. The number of aromatic nitrogens is 4. The van der Waals surface area contributed by atoms with E-state index in [1.54, 1.807) is 45.6 Å². The number of hydrogen-bond donors (Lipinski definition) is 2. The van der Waals surface area contributed by atoms with Gasteiger partial charge in [-0.05, 0) is 109 Å². The van der Waals surface area contributed by atoms with E-state index in [0.717, 1.165) is 30.2 Å². The Morgan fingerprint density at radius 1 is 0.717 bits per heavy atom. The van der Waals surface area contributed by atoms with Crippen molar-refractivity contribution in [2.45, 2.75) is 96.1 Å². The van der Waals surface area contributed by atoms with Gasteiger partial charge in [-0.25, -0.2) is 0 Å². The van der Waals surface area contributed by atoms with Gasteiger partial charge in [-0.2, -0.15) is 4.57 Å². The maximum absolute atomic E-state index is 10.6. The monoisotopic (exact) mass is 735 g/mol. The number of carbonyl (C=O) groups is 5. The topological polar surface area (TPSA) is 183 Å². The first-order valence-electron chi connectivity index (χ1n) is 16.3. The van der Waals surface area contributed by atoms with Gasteiger partial charge in [-0.15, -0.1) is 0 Å². The Morgan fingerprint density at radius 3 is 1.28 bits per heavy atom. The van der Waals surface area contributed by atoms with Crippen molar-refractivity contribution >= 4 is 29.6 Å². The lowest BCUT2D eigenvalue weighted by Gasteiger charge is -2.03. The molecule has 0 saturated carbocycles. The van der Waals surface area contributed by atoms with Gasteiger partial charge in [0.2, 0.25) is 6.54 Å². The Balaban J connectivity index is -0.000000122. The first-order chi connectivity index (χ1) is 24.0. The van der Waals surface area contributed by atoms with Gasteiger partial charge in [-0.3, -0.25) is 29.3 Å². The fraction of sp³-hybridized carbons (Fsp3) is 0.333. The zero-order chi connectivity index (χ0) is 40.0. The Morgan fingerprint density at radius 2 is 1.08 bits per heavy atom. The van der Waals surface area contributed by atoms with Crippen LogP contribution >= 0.6 is 0 Å². The summed E-state index contributed by atoms with van der Waals surface area (Å²) in [7, 11) is 0. The van der Waals surface area contributed by atoms with E-state index in [-0.39, 0.29) is 30.9 Å². The summed E-state index contributed by atoms with van der Waals surface area (Å²) in [5.74, 6) is -0.247. The van der Waals surface area contributed by atoms with Crippen molar-refractivity contribution < 1.29 is 33.6 Å². The van der Waals surface area contributed by atoms with Crippen molar-refractivity contribution in [1.29, 1.82) is 0 Å². The standard InChI is InChI=1S/C9H13N.C8H10NO.C6H10O.2C5H5N.C4H8O.C2H4O2.C2H4O.CH3.H3N/c1-6-5-7(2)10-9(4)8(6)3;1-8(10)7-9-5-3-2-4-6-9;1-4-5(2)6(3)7;2*1-2-4-6-5-3-1;1-3-4(2)5;1-2(3)4;1-2-3;;/h5H,1-4H3;2-6H,7H2,1H3;4H,1-3H3;2*1-5H;3H2,1-2H3;1H3,(H,3,4);2H,1H3;2*1H3/q;+1;;;;;;;-1;/b;;5-4+;;;;;;;. The molecule has 0 bridgehead atoms. The summed E-state index contributed by atoms with van der Waals surface area (Å²) >= 11 is 0. The predicted molar refractivity (Wildman–Crippen MR) is 217 cm³/mol. The van der Waals surface area contributed by atoms with Crippen molar-refractivity contribution in [3.8, 4) is 0 Å². The Hall–Kier alpha value is -5.55. The van der Waals surface area contributed by atoms with Gasteiger partial charge in [-0.1, -0.05) is 31.2 Å². The molecule has 0 aliphatic rings. The number of Topliss-reactive ketones (excluding diaryl/α,β-unsaturated/α-hetero) is 3. The molecular formula is C42H65N5O6. The van der Waals surface area contributed by atoms with Crippen LogP contribution in [0.2, 0.25) is 0 Å². The highest BCUT2D eigenvalue weighted by atomic mass is 16.4. The summed E-state index contributed by atoms with van der Waals surface area (Å²) in [5.41, 5.74) is 5.74. The van der Waals surface area contributed by atoms with E-state index in [9.17, 15) is 14.4 Å². The molecule has 4 aromatic rings. The second kappa shape index (κ2) is 42.6. The average Bonchev–Trinajstić information content (AvgIpc) is 3.10. The van der Waals surface area contributed by atoms with Crippen molar-refractivity contribution in [2.75, 3.05) is 0 Å². The Kier molecular flexibility index (Phi) is 47.9. The second-order valence-electron chi connectivity index (χ2n) is 10.4. The lowest BCUT2D eigenvalue weighted by molar-refractivity contribution is -0.684. The first kappa shape index (κ1) is 59.6. The van der Waals surface area contributed by atoms with Crippen LogP contribution < -0.4 is 10.7 Å². The molecule has 0 radical (unpaired) electrons. The number of aldehydes is 1. The van der Waals surface area contributed by atoms with E-state index in [1.807, 2.05) is 105 Å². The van der Waals surface area contributed by atoms with Gasteiger partial charge < -0.3 is 28.3 Å². The number of carbonyl (C=O) groups excluding carboxylic acids is 4. The van der Waals surface area contributed by atoms with Crippen LogP contribution in [0.1, 0.15) is 84.3 Å². The van der Waals surface area contributed by atoms with Crippen LogP contribution in [0.4, 0.5) is 0 Å². The number of nitrogens with zero attached hydrogens (tertiary/aromatic N) is 4. The molecule has 0 aliphatic heterocycles. The third kappa shape index (κ3) is 50.9. The molecule has 0 aliphatic carbocycles. The number of allylic oxidation sites excluding steroid dienone is 2. The number of rotatable bonds is 4. The van der Waals surface area contributed by atoms with Crippen LogP contribution in [0.25, 0.3) is 0 Å². The molecule has 53 heavy (non-hydrogen) atoms. The zero-order valence-electron chi connectivity index (χ0n) is 34.3. The van der Waals surface area contributed by atoms with E-state index in [2.05, 4.69) is 41.8 Å². The van der Waals surface area contributed by atoms with Gasteiger partial charge in [0.15, 0.2) is 24.0 Å². The molecule has 4 aromatic heterocycles. The van der Waals surface area contributed by atoms with Crippen molar-refractivity contribution in [3.05, 3.63) is 139 Å². The molecule has 0 unspecified atom stereocenters. The van der Waals surface area contributed by atoms with Crippen LogP contribution in [0.5, 0.6) is 0 Å². The molecule has 0 aromatic carbocycles. The molecule has 4 N–H and O–H groups in total. The number of hydrogen-bond acceptors (Lipinski definition) is 9. The minimum Gasteiger partial charge on any atom is -0.481 e. The fourth-order valence-electron chi connectivity index (χ4n) is 2.71. The van der Waals surface area contributed by atoms with Gasteiger partial charge in [0.1, 0.15) is 12.1 Å². The summed E-state index contributed by atoms with van der Waals surface area (Å²) in [6.07, 6.45) is 14.0. The van der Waals surface area contributed by atoms with E-state index < -0.39 is 5.97 Å². The largest absolute Gasteiger partial charge is 0.481 e. The summed E-state index contributed by atoms with van der Waals surface area (Å²) in [5, 5.41) is 7.42. The lowest BCUT2D eigenvalue weighted by Crippen LogP contribution is -2.35. The minimum atomic E-state index is -0.833.